The van der Waals surface area contributed by atoms with Gasteiger partial charge in [0.15, 0.2) is 12.4 Å². The standard InChI is InChI=1S/C16H16O4S/c1-2-19-13-7-5-12(6-8-13)15(17)11-20-16(18)10-14-4-3-9-21-14/h3-9H,2,10-11H2,1H3. The fourth-order valence-electron chi connectivity index (χ4n) is 1.74. The molecule has 2 aromatic rings. The van der Waals surface area contributed by atoms with Gasteiger partial charge in [0.25, 0.3) is 0 Å². The first-order chi connectivity index (χ1) is 10.2. The first kappa shape index (κ1) is 15.3. The van der Waals surface area contributed by atoms with Gasteiger partial charge in [-0.05, 0) is 42.6 Å². The SMILES string of the molecule is CCOc1ccc(C(=O)COC(=O)Cc2cccs2)cc1. The molecule has 0 unspecified atom stereocenters. The van der Waals surface area contributed by atoms with Crippen LogP contribution in [-0.4, -0.2) is 25.0 Å². The molecule has 0 atom stereocenters. The first-order valence-electron chi connectivity index (χ1n) is 6.63. The molecule has 5 heteroatoms. The highest BCUT2D eigenvalue weighted by Gasteiger charge is 2.11. The van der Waals surface area contributed by atoms with Crippen LogP contribution in [0.4, 0.5) is 0 Å². The van der Waals surface area contributed by atoms with E-state index in [1.54, 1.807) is 24.3 Å². The van der Waals surface area contributed by atoms with Crippen LogP contribution in [0.15, 0.2) is 41.8 Å². The Labute approximate surface area is 127 Å². The highest BCUT2D eigenvalue weighted by molar-refractivity contribution is 7.10. The van der Waals surface area contributed by atoms with E-state index in [2.05, 4.69) is 0 Å². The average Bonchev–Trinajstić information content (AvgIpc) is 2.99. The number of Topliss-reactive ketones (excluding diaryl/α,β-unsaturated/α-hetero) is 1. The van der Waals surface area contributed by atoms with E-state index < -0.39 is 5.97 Å². The minimum absolute atomic E-state index is 0.203. The van der Waals surface area contributed by atoms with Gasteiger partial charge in [-0.1, -0.05) is 6.07 Å². The van der Waals surface area contributed by atoms with Crippen molar-refractivity contribution in [2.75, 3.05) is 13.2 Å². The fourth-order valence-corrected chi connectivity index (χ4v) is 2.43. The predicted octanol–water partition coefficient (Wildman–Crippen LogP) is 3.12. The van der Waals surface area contributed by atoms with Crippen molar-refractivity contribution >= 4 is 23.1 Å². The molecule has 0 amide bonds. The normalized spacial score (nSPS) is 10.1. The number of hydrogen-bond donors (Lipinski definition) is 0. The third kappa shape index (κ3) is 4.72. The second kappa shape index (κ2) is 7.59. The minimum Gasteiger partial charge on any atom is -0.494 e. The molecule has 0 N–H and O–H groups in total. The molecule has 0 radical (unpaired) electrons. The minimum atomic E-state index is -0.392. The fraction of sp³-hybridized carbons (Fsp3) is 0.250. The zero-order chi connectivity index (χ0) is 15.1. The number of ketones is 1. The zero-order valence-corrected chi connectivity index (χ0v) is 12.5. The largest absolute Gasteiger partial charge is 0.494 e. The number of hydrogen-bond acceptors (Lipinski definition) is 5. The van der Waals surface area contributed by atoms with Gasteiger partial charge in [-0.3, -0.25) is 9.59 Å². The molecule has 0 saturated carbocycles. The smallest absolute Gasteiger partial charge is 0.311 e. The number of ether oxygens (including phenoxy) is 2. The summed E-state index contributed by atoms with van der Waals surface area (Å²) in [6.45, 7) is 2.23. The molecule has 0 aliphatic rings. The van der Waals surface area contributed by atoms with E-state index >= 15 is 0 Å². The van der Waals surface area contributed by atoms with E-state index in [0.29, 0.717) is 17.9 Å². The Morgan fingerprint density at radius 1 is 1.14 bits per heavy atom. The Hall–Kier alpha value is -2.14. The molecule has 110 valence electrons. The highest BCUT2D eigenvalue weighted by atomic mass is 32.1. The zero-order valence-electron chi connectivity index (χ0n) is 11.7. The Bertz CT molecular complexity index is 587. The molecule has 0 bridgehead atoms. The van der Waals surface area contributed by atoms with Gasteiger partial charge in [-0.25, -0.2) is 0 Å². The molecule has 0 spiro atoms. The van der Waals surface area contributed by atoms with Crippen molar-refractivity contribution in [1.82, 2.24) is 0 Å². The van der Waals surface area contributed by atoms with Crippen molar-refractivity contribution in [3.63, 3.8) is 0 Å². The number of carbonyl (C=O) groups excluding carboxylic acids is 2. The molecule has 1 aromatic carbocycles. The van der Waals surface area contributed by atoms with Crippen LogP contribution in [0.5, 0.6) is 5.75 Å². The van der Waals surface area contributed by atoms with Crippen molar-refractivity contribution in [2.24, 2.45) is 0 Å². The van der Waals surface area contributed by atoms with Gasteiger partial charge in [0, 0.05) is 10.4 Å². The summed E-state index contributed by atoms with van der Waals surface area (Å²) in [5.74, 6) is 0.0954. The molecule has 21 heavy (non-hydrogen) atoms. The van der Waals surface area contributed by atoms with Crippen LogP contribution < -0.4 is 4.74 Å². The van der Waals surface area contributed by atoms with E-state index in [9.17, 15) is 9.59 Å². The first-order valence-corrected chi connectivity index (χ1v) is 7.51. The topological polar surface area (TPSA) is 52.6 Å². The quantitative estimate of drug-likeness (QED) is 0.582. The predicted molar refractivity (Wildman–Crippen MR) is 80.9 cm³/mol. The summed E-state index contributed by atoms with van der Waals surface area (Å²) >= 11 is 1.49. The summed E-state index contributed by atoms with van der Waals surface area (Å²) in [7, 11) is 0. The Balaban J connectivity index is 1.82. The van der Waals surface area contributed by atoms with Crippen LogP contribution in [0, 0.1) is 0 Å². The van der Waals surface area contributed by atoms with Gasteiger partial charge in [0.2, 0.25) is 0 Å². The maximum absolute atomic E-state index is 11.9. The Morgan fingerprint density at radius 3 is 2.52 bits per heavy atom. The summed E-state index contributed by atoms with van der Waals surface area (Å²) in [6.07, 6.45) is 0.203. The number of thiophene rings is 1. The number of carbonyl (C=O) groups is 2. The van der Waals surface area contributed by atoms with Crippen LogP contribution in [0.2, 0.25) is 0 Å². The molecule has 2 rings (SSSR count). The van der Waals surface area contributed by atoms with Crippen LogP contribution in [0.25, 0.3) is 0 Å². The Morgan fingerprint density at radius 2 is 1.90 bits per heavy atom. The van der Waals surface area contributed by atoms with Crippen molar-refractivity contribution in [3.05, 3.63) is 52.2 Å². The van der Waals surface area contributed by atoms with E-state index in [1.165, 1.54) is 11.3 Å². The van der Waals surface area contributed by atoms with Crippen LogP contribution in [-0.2, 0) is 16.0 Å². The van der Waals surface area contributed by atoms with Crippen LogP contribution >= 0.6 is 11.3 Å². The summed E-state index contributed by atoms with van der Waals surface area (Å²) in [6, 6.07) is 10.5. The van der Waals surface area contributed by atoms with Crippen molar-refractivity contribution in [3.8, 4) is 5.75 Å². The van der Waals surface area contributed by atoms with Gasteiger partial charge >= 0.3 is 5.97 Å². The molecular formula is C16H16O4S. The van der Waals surface area contributed by atoms with E-state index in [-0.39, 0.29) is 18.8 Å². The second-order valence-electron chi connectivity index (χ2n) is 4.30. The third-order valence-electron chi connectivity index (χ3n) is 2.75. The molecule has 1 heterocycles. The maximum atomic E-state index is 11.9. The summed E-state index contributed by atoms with van der Waals surface area (Å²) in [4.78, 5) is 24.4. The average molecular weight is 304 g/mol. The van der Waals surface area contributed by atoms with Gasteiger partial charge in [-0.2, -0.15) is 0 Å². The van der Waals surface area contributed by atoms with Gasteiger partial charge in [-0.15, -0.1) is 11.3 Å². The van der Waals surface area contributed by atoms with Crippen molar-refractivity contribution < 1.29 is 19.1 Å². The van der Waals surface area contributed by atoms with E-state index in [0.717, 1.165) is 4.88 Å². The molecule has 4 nitrogen and oxygen atoms in total. The molecule has 0 saturated heterocycles. The lowest BCUT2D eigenvalue weighted by Crippen LogP contribution is -2.15. The maximum Gasteiger partial charge on any atom is 0.311 e. The lowest BCUT2D eigenvalue weighted by Gasteiger charge is -2.05. The number of rotatable bonds is 7. The lowest BCUT2D eigenvalue weighted by atomic mass is 10.1. The van der Waals surface area contributed by atoms with Crippen molar-refractivity contribution in [1.29, 1.82) is 0 Å². The lowest BCUT2D eigenvalue weighted by molar-refractivity contribution is -0.141. The molecule has 0 fully saturated rings. The molecule has 1 aromatic heterocycles. The van der Waals surface area contributed by atoms with Crippen LogP contribution in [0.1, 0.15) is 22.2 Å². The highest BCUT2D eigenvalue weighted by Crippen LogP contribution is 2.13. The Kier molecular flexibility index (Phi) is 5.51. The monoisotopic (exact) mass is 304 g/mol. The molecular weight excluding hydrogens is 288 g/mol. The van der Waals surface area contributed by atoms with Crippen LogP contribution in [0.3, 0.4) is 0 Å². The second-order valence-corrected chi connectivity index (χ2v) is 5.33. The van der Waals surface area contributed by atoms with E-state index in [4.69, 9.17) is 9.47 Å². The third-order valence-corrected chi connectivity index (χ3v) is 3.63. The van der Waals surface area contributed by atoms with Gasteiger partial charge in [0.05, 0.1) is 13.0 Å². The van der Waals surface area contributed by atoms with Gasteiger partial charge in [0.1, 0.15) is 5.75 Å². The number of benzene rings is 1. The molecule has 0 aliphatic carbocycles. The molecule has 0 aliphatic heterocycles. The summed E-state index contributed by atoms with van der Waals surface area (Å²) in [5, 5.41) is 1.90. The number of esters is 1. The summed E-state index contributed by atoms with van der Waals surface area (Å²) < 4.78 is 10.3. The summed E-state index contributed by atoms with van der Waals surface area (Å²) in [5.41, 5.74) is 0.502. The van der Waals surface area contributed by atoms with E-state index in [1.807, 2.05) is 24.4 Å². The van der Waals surface area contributed by atoms with Crippen molar-refractivity contribution in [2.45, 2.75) is 13.3 Å². The van der Waals surface area contributed by atoms with Gasteiger partial charge < -0.3 is 9.47 Å².